The van der Waals surface area contributed by atoms with Gasteiger partial charge in [0.15, 0.2) is 0 Å². The van der Waals surface area contributed by atoms with Crippen LogP contribution in [0.1, 0.15) is 44.1 Å². The predicted molar refractivity (Wildman–Crippen MR) is 78.6 cm³/mol. The lowest BCUT2D eigenvalue weighted by Crippen LogP contribution is -1.95. The molecule has 0 aromatic heterocycles. The summed E-state index contributed by atoms with van der Waals surface area (Å²) in [5, 5.41) is 8.64. The van der Waals surface area contributed by atoms with E-state index in [0.717, 1.165) is 30.3 Å². The van der Waals surface area contributed by atoms with E-state index in [9.17, 15) is 0 Å². The average Bonchev–Trinajstić information content (AvgIpc) is 2.39. The van der Waals surface area contributed by atoms with Crippen LogP contribution in [0.25, 0.3) is 0 Å². The number of unbranched alkanes of at least 4 members (excludes halogenated alkanes) is 5. The van der Waals surface area contributed by atoms with Crippen molar-refractivity contribution in [2.75, 3.05) is 13.2 Å². The number of aliphatic hydroxyl groups is 1. The third-order valence-corrected chi connectivity index (χ3v) is 3.41. The summed E-state index contributed by atoms with van der Waals surface area (Å²) < 4.78 is 6.74. The largest absolute Gasteiger partial charge is 0.396 e. The van der Waals surface area contributed by atoms with E-state index in [4.69, 9.17) is 9.84 Å². The third kappa shape index (κ3) is 7.85. The molecule has 1 aromatic carbocycles. The van der Waals surface area contributed by atoms with Crippen LogP contribution >= 0.6 is 15.9 Å². The van der Waals surface area contributed by atoms with Gasteiger partial charge in [-0.15, -0.1) is 0 Å². The van der Waals surface area contributed by atoms with E-state index >= 15 is 0 Å². The minimum Gasteiger partial charge on any atom is -0.396 e. The third-order valence-electron chi connectivity index (χ3n) is 2.88. The van der Waals surface area contributed by atoms with Crippen LogP contribution in [0.2, 0.25) is 0 Å². The molecule has 1 N–H and O–H groups in total. The number of ether oxygens (including phenoxy) is 1. The molecule has 102 valence electrons. The van der Waals surface area contributed by atoms with Crippen LogP contribution in [0.5, 0.6) is 0 Å². The first-order valence-electron chi connectivity index (χ1n) is 6.76. The summed E-state index contributed by atoms with van der Waals surface area (Å²) in [4.78, 5) is 0. The highest BCUT2D eigenvalue weighted by Crippen LogP contribution is 2.11. The molecule has 0 spiro atoms. The Labute approximate surface area is 118 Å². The molecule has 0 radical (unpaired) electrons. The maximum atomic E-state index is 8.64. The van der Waals surface area contributed by atoms with Crippen molar-refractivity contribution in [2.24, 2.45) is 0 Å². The Bertz CT molecular complexity index is 298. The molecule has 0 saturated carbocycles. The molecule has 0 unspecified atom stereocenters. The number of rotatable bonds is 10. The fourth-order valence-corrected chi connectivity index (χ4v) is 2.06. The minimum absolute atomic E-state index is 0.330. The summed E-state index contributed by atoms with van der Waals surface area (Å²) in [7, 11) is 0. The molecule has 0 aliphatic heterocycles. The fraction of sp³-hybridized carbons (Fsp3) is 0.600. The SMILES string of the molecule is OCCCCCCCCOCc1ccc(Br)cc1. The van der Waals surface area contributed by atoms with E-state index < -0.39 is 0 Å². The number of hydrogen-bond donors (Lipinski definition) is 1. The van der Waals surface area contributed by atoms with Gasteiger partial charge in [-0.05, 0) is 30.5 Å². The minimum atomic E-state index is 0.330. The Hall–Kier alpha value is -0.380. The van der Waals surface area contributed by atoms with Gasteiger partial charge in [-0.2, -0.15) is 0 Å². The number of hydrogen-bond acceptors (Lipinski definition) is 2. The quantitative estimate of drug-likeness (QED) is 0.652. The topological polar surface area (TPSA) is 29.5 Å². The van der Waals surface area contributed by atoms with Gasteiger partial charge in [0, 0.05) is 17.7 Å². The first-order chi connectivity index (χ1) is 8.83. The zero-order valence-corrected chi connectivity index (χ0v) is 12.5. The van der Waals surface area contributed by atoms with Gasteiger partial charge in [0.2, 0.25) is 0 Å². The predicted octanol–water partition coefficient (Wildman–Crippen LogP) is 4.30. The van der Waals surface area contributed by atoms with Gasteiger partial charge in [0.1, 0.15) is 0 Å². The van der Waals surface area contributed by atoms with Crippen molar-refractivity contribution >= 4 is 15.9 Å². The molecule has 0 amide bonds. The fourth-order valence-electron chi connectivity index (χ4n) is 1.79. The van der Waals surface area contributed by atoms with Crippen molar-refractivity contribution in [1.82, 2.24) is 0 Å². The van der Waals surface area contributed by atoms with Crippen molar-refractivity contribution in [3.8, 4) is 0 Å². The molecule has 0 bridgehead atoms. The van der Waals surface area contributed by atoms with Crippen molar-refractivity contribution < 1.29 is 9.84 Å². The van der Waals surface area contributed by atoms with Gasteiger partial charge >= 0.3 is 0 Å². The Kier molecular flexibility index (Phi) is 9.17. The highest BCUT2D eigenvalue weighted by Gasteiger charge is 1.94. The molecule has 1 rings (SSSR count). The average molecular weight is 315 g/mol. The van der Waals surface area contributed by atoms with Crippen LogP contribution in [0.3, 0.4) is 0 Å². The van der Waals surface area contributed by atoms with Gasteiger partial charge in [0.05, 0.1) is 6.61 Å². The highest BCUT2D eigenvalue weighted by molar-refractivity contribution is 9.10. The first-order valence-corrected chi connectivity index (χ1v) is 7.55. The standard InChI is InChI=1S/C15H23BrO2/c16-15-9-7-14(8-10-15)13-18-12-6-4-2-1-3-5-11-17/h7-10,17H,1-6,11-13H2. The molecule has 0 heterocycles. The summed E-state index contributed by atoms with van der Waals surface area (Å²) in [5.74, 6) is 0. The summed E-state index contributed by atoms with van der Waals surface area (Å²) in [6.07, 6.45) is 6.94. The van der Waals surface area contributed by atoms with Crippen LogP contribution in [0.15, 0.2) is 28.7 Å². The normalized spacial score (nSPS) is 10.8. The Balaban J connectivity index is 1.91. The van der Waals surface area contributed by atoms with E-state index in [0.29, 0.717) is 13.2 Å². The number of aliphatic hydroxyl groups excluding tert-OH is 1. The van der Waals surface area contributed by atoms with Crippen LogP contribution in [0, 0.1) is 0 Å². The Morgan fingerprint density at radius 1 is 0.889 bits per heavy atom. The zero-order valence-electron chi connectivity index (χ0n) is 10.9. The molecule has 0 atom stereocenters. The van der Waals surface area contributed by atoms with E-state index in [1.54, 1.807) is 0 Å². The van der Waals surface area contributed by atoms with E-state index in [2.05, 4.69) is 28.1 Å². The van der Waals surface area contributed by atoms with Gasteiger partial charge in [-0.3, -0.25) is 0 Å². The molecule has 0 aliphatic rings. The molecular weight excluding hydrogens is 292 g/mol. The Morgan fingerprint density at radius 3 is 2.17 bits per heavy atom. The van der Waals surface area contributed by atoms with E-state index in [1.165, 1.54) is 24.8 Å². The molecular formula is C15H23BrO2. The lowest BCUT2D eigenvalue weighted by molar-refractivity contribution is 0.116. The molecule has 18 heavy (non-hydrogen) atoms. The summed E-state index contributed by atoms with van der Waals surface area (Å²) in [6.45, 7) is 1.88. The molecule has 0 saturated heterocycles. The lowest BCUT2D eigenvalue weighted by Gasteiger charge is -2.04. The van der Waals surface area contributed by atoms with Crippen LogP contribution in [0.4, 0.5) is 0 Å². The van der Waals surface area contributed by atoms with Crippen molar-refractivity contribution in [1.29, 1.82) is 0 Å². The van der Waals surface area contributed by atoms with Crippen molar-refractivity contribution in [2.45, 2.75) is 45.1 Å². The summed E-state index contributed by atoms with van der Waals surface area (Å²) in [6, 6.07) is 8.25. The van der Waals surface area contributed by atoms with Crippen LogP contribution < -0.4 is 0 Å². The summed E-state index contributed by atoms with van der Waals surface area (Å²) in [5.41, 5.74) is 1.22. The highest BCUT2D eigenvalue weighted by atomic mass is 79.9. The second-order valence-corrected chi connectivity index (χ2v) is 5.44. The number of halogens is 1. The molecule has 0 fully saturated rings. The maximum Gasteiger partial charge on any atom is 0.0716 e. The summed E-state index contributed by atoms with van der Waals surface area (Å²) >= 11 is 3.42. The van der Waals surface area contributed by atoms with Gasteiger partial charge in [-0.25, -0.2) is 0 Å². The maximum absolute atomic E-state index is 8.64. The van der Waals surface area contributed by atoms with Gasteiger partial charge in [-0.1, -0.05) is 53.7 Å². The van der Waals surface area contributed by atoms with Crippen molar-refractivity contribution in [3.05, 3.63) is 34.3 Å². The molecule has 2 nitrogen and oxygen atoms in total. The molecule has 1 aromatic rings. The van der Waals surface area contributed by atoms with Gasteiger partial charge < -0.3 is 9.84 Å². The monoisotopic (exact) mass is 314 g/mol. The van der Waals surface area contributed by atoms with Crippen LogP contribution in [-0.4, -0.2) is 18.3 Å². The number of benzene rings is 1. The van der Waals surface area contributed by atoms with E-state index in [-0.39, 0.29) is 0 Å². The Morgan fingerprint density at radius 2 is 1.50 bits per heavy atom. The lowest BCUT2D eigenvalue weighted by atomic mass is 10.1. The smallest absolute Gasteiger partial charge is 0.0716 e. The molecule has 0 aliphatic carbocycles. The second kappa shape index (κ2) is 10.5. The van der Waals surface area contributed by atoms with Crippen molar-refractivity contribution in [3.63, 3.8) is 0 Å². The molecule has 3 heteroatoms. The zero-order chi connectivity index (χ0) is 13.1. The van der Waals surface area contributed by atoms with Crippen LogP contribution in [-0.2, 0) is 11.3 Å². The first kappa shape index (κ1) is 15.7. The van der Waals surface area contributed by atoms with E-state index in [1.807, 2.05) is 12.1 Å². The van der Waals surface area contributed by atoms with Gasteiger partial charge in [0.25, 0.3) is 0 Å². The second-order valence-electron chi connectivity index (χ2n) is 4.52.